The quantitative estimate of drug-likeness (QED) is 0.511. The minimum atomic E-state index is -0.0643. The normalized spacial score (nSPS) is 10.8. The Morgan fingerprint density at radius 3 is 2.72 bits per heavy atom. The SMILES string of the molecule is CCOc1ccc(NC(=O)CSc2ncnc3sc(C)c(C)c23)cc1. The Hall–Kier alpha value is -2.12. The van der Waals surface area contributed by atoms with E-state index in [1.165, 1.54) is 22.2 Å². The first-order valence-corrected chi connectivity index (χ1v) is 9.75. The number of rotatable bonds is 6. The molecule has 0 fully saturated rings. The minimum absolute atomic E-state index is 0.0643. The van der Waals surface area contributed by atoms with Gasteiger partial charge in [-0.15, -0.1) is 11.3 Å². The number of nitrogens with zero attached hydrogens (tertiary/aromatic N) is 2. The van der Waals surface area contributed by atoms with Crippen LogP contribution in [0.3, 0.4) is 0 Å². The van der Waals surface area contributed by atoms with E-state index in [9.17, 15) is 4.79 Å². The smallest absolute Gasteiger partial charge is 0.234 e. The second-order valence-electron chi connectivity index (χ2n) is 5.44. The molecule has 0 radical (unpaired) electrons. The van der Waals surface area contributed by atoms with Crippen LogP contribution >= 0.6 is 23.1 Å². The Balaban J connectivity index is 1.64. The molecular weight excluding hydrogens is 354 g/mol. The summed E-state index contributed by atoms with van der Waals surface area (Å²) in [6, 6.07) is 7.36. The number of aromatic nitrogens is 2. The number of ether oxygens (including phenoxy) is 1. The highest BCUT2D eigenvalue weighted by Gasteiger charge is 2.13. The lowest BCUT2D eigenvalue weighted by atomic mass is 10.2. The maximum absolute atomic E-state index is 12.2. The molecule has 3 rings (SSSR count). The molecule has 1 amide bonds. The first-order chi connectivity index (χ1) is 12.1. The van der Waals surface area contributed by atoms with Gasteiger partial charge in [-0.1, -0.05) is 11.8 Å². The van der Waals surface area contributed by atoms with Crippen molar-refractivity contribution in [2.75, 3.05) is 17.7 Å². The van der Waals surface area contributed by atoms with Crippen molar-refractivity contribution in [3.8, 4) is 5.75 Å². The van der Waals surface area contributed by atoms with Gasteiger partial charge >= 0.3 is 0 Å². The lowest BCUT2D eigenvalue weighted by Gasteiger charge is -2.07. The van der Waals surface area contributed by atoms with Gasteiger partial charge in [0.2, 0.25) is 5.91 Å². The molecule has 3 aromatic rings. The van der Waals surface area contributed by atoms with Gasteiger partial charge in [-0.3, -0.25) is 4.79 Å². The fraction of sp³-hybridized carbons (Fsp3) is 0.278. The van der Waals surface area contributed by atoms with E-state index >= 15 is 0 Å². The number of fused-ring (bicyclic) bond motifs is 1. The number of thiophene rings is 1. The van der Waals surface area contributed by atoms with Gasteiger partial charge in [0.15, 0.2) is 0 Å². The highest BCUT2D eigenvalue weighted by Crippen LogP contribution is 2.34. The number of nitrogens with one attached hydrogen (secondary N) is 1. The first-order valence-electron chi connectivity index (χ1n) is 7.94. The number of carbonyl (C=O) groups is 1. The number of thioether (sulfide) groups is 1. The van der Waals surface area contributed by atoms with Gasteiger partial charge in [0.1, 0.15) is 21.9 Å². The van der Waals surface area contributed by atoms with E-state index in [2.05, 4.69) is 29.1 Å². The molecule has 0 atom stereocenters. The van der Waals surface area contributed by atoms with Crippen molar-refractivity contribution < 1.29 is 9.53 Å². The number of hydrogen-bond donors (Lipinski definition) is 1. The third-order valence-electron chi connectivity index (χ3n) is 3.72. The van der Waals surface area contributed by atoms with Gasteiger partial charge < -0.3 is 10.1 Å². The summed E-state index contributed by atoms with van der Waals surface area (Å²) >= 11 is 3.09. The molecule has 0 aliphatic rings. The number of amides is 1. The van der Waals surface area contributed by atoms with Crippen LogP contribution in [0.1, 0.15) is 17.4 Å². The average molecular weight is 374 g/mol. The van der Waals surface area contributed by atoms with Gasteiger partial charge in [0.25, 0.3) is 0 Å². The molecule has 7 heteroatoms. The maximum atomic E-state index is 12.2. The monoisotopic (exact) mass is 373 g/mol. The van der Waals surface area contributed by atoms with E-state index in [1.807, 2.05) is 31.2 Å². The van der Waals surface area contributed by atoms with E-state index in [1.54, 1.807) is 17.7 Å². The van der Waals surface area contributed by atoms with E-state index in [4.69, 9.17) is 4.74 Å². The zero-order valence-electron chi connectivity index (χ0n) is 14.3. The number of anilines is 1. The fourth-order valence-corrected chi connectivity index (χ4v) is 4.31. The predicted octanol–water partition coefficient (Wildman–Crippen LogP) is 4.44. The van der Waals surface area contributed by atoms with Crippen LogP contribution in [0.2, 0.25) is 0 Å². The third kappa shape index (κ3) is 4.11. The van der Waals surface area contributed by atoms with Crippen LogP contribution in [-0.4, -0.2) is 28.2 Å². The summed E-state index contributed by atoms with van der Waals surface area (Å²) in [6.07, 6.45) is 1.56. The van der Waals surface area contributed by atoms with Crippen LogP contribution in [0.25, 0.3) is 10.2 Å². The summed E-state index contributed by atoms with van der Waals surface area (Å²) in [5.41, 5.74) is 1.94. The highest BCUT2D eigenvalue weighted by atomic mass is 32.2. The maximum Gasteiger partial charge on any atom is 0.234 e. The Morgan fingerprint density at radius 2 is 2.00 bits per heavy atom. The Morgan fingerprint density at radius 1 is 1.24 bits per heavy atom. The second kappa shape index (κ2) is 7.84. The first kappa shape index (κ1) is 17.7. The largest absolute Gasteiger partial charge is 0.494 e. The summed E-state index contributed by atoms with van der Waals surface area (Å²) in [5.74, 6) is 1.03. The fourth-order valence-electron chi connectivity index (χ4n) is 2.39. The van der Waals surface area contributed by atoms with Crippen molar-refractivity contribution in [3.05, 3.63) is 41.0 Å². The van der Waals surface area contributed by atoms with Gasteiger partial charge in [-0.2, -0.15) is 0 Å². The van der Waals surface area contributed by atoms with E-state index in [0.29, 0.717) is 12.4 Å². The van der Waals surface area contributed by atoms with Gasteiger partial charge in [-0.05, 0) is 50.6 Å². The van der Waals surface area contributed by atoms with Crippen LogP contribution in [-0.2, 0) is 4.79 Å². The lowest BCUT2D eigenvalue weighted by Crippen LogP contribution is -2.14. The molecule has 0 saturated carbocycles. The number of aryl methyl sites for hydroxylation is 2. The van der Waals surface area contributed by atoms with Crippen molar-refractivity contribution in [1.82, 2.24) is 9.97 Å². The van der Waals surface area contributed by atoms with E-state index in [0.717, 1.165) is 26.7 Å². The topological polar surface area (TPSA) is 64.1 Å². The molecule has 0 saturated heterocycles. The summed E-state index contributed by atoms with van der Waals surface area (Å²) in [4.78, 5) is 23.1. The highest BCUT2D eigenvalue weighted by molar-refractivity contribution is 8.00. The van der Waals surface area contributed by atoms with Crippen LogP contribution < -0.4 is 10.1 Å². The summed E-state index contributed by atoms with van der Waals surface area (Å²) in [5, 5.41) is 4.81. The molecule has 25 heavy (non-hydrogen) atoms. The Labute approximate surface area is 154 Å². The molecule has 2 aromatic heterocycles. The molecule has 0 bridgehead atoms. The van der Waals surface area contributed by atoms with E-state index in [-0.39, 0.29) is 5.91 Å². The second-order valence-corrected chi connectivity index (χ2v) is 7.60. The predicted molar refractivity (Wildman–Crippen MR) is 104 cm³/mol. The number of carbonyl (C=O) groups excluding carboxylic acids is 1. The van der Waals surface area contributed by atoms with Gasteiger partial charge in [0, 0.05) is 16.0 Å². The standard InChI is InChI=1S/C18H19N3O2S2/c1-4-23-14-7-5-13(6-8-14)21-15(22)9-24-17-16-11(2)12(3)25-18(16)20-10-19-17/h5-8,10H,4,9H2,1-3H3,(H,21,22). The van der Waals surface area contributed by atoms with Gasteiger partial charge in [-0.25, -0.2) is 9.97 Å². The minimum Gasteiger partial charge on any atom is -0.494 e. The third-order valence-corrected chi connectivity index (χ3v) is 5.82. The van der Waals surface area contributed by atoms with Crippen LogP contribution in [0.15, 0.2) is 35.6 Å². The van der Waals surface area contributed by atoms with Crippen LogP contribution in [0.4, 0.5) is 5.69 Å². The molecule has 0 spiro atoms. The molecule has 2 heterocycles. The van der Waals surface area contributed by atoms with Crippen molar-refractivity contribution in [2.45, 2.75) is 25.8 Å². The zero-order valence-corrected chi connectivity index (χ0v) is 16.0. The molecule has 0 unspecified atom stereocenters. The van der Waals surface area contributed by atoms with Crippen molar-refractivity contribution in [3.63, 3.8) is 0 Å². The molecule has 5 nitrogen and oxygen atoms in total. The van der Waals surface area contributed by atoms with Crippen molar-refractivity contribution >= 4 is 44.9 Å². The van der Waals surface area contributed by atoms with Crippen molar-refractivity contribution in [1.29, 1.82) is 0 Å². The van der Waals surface area contributed by atoms with Crippen LogP contribution in [0, 0.1) is 13.8 Å². The lowest BCUT2D eigenvalue weighted by molar-refractivity contribution is -0.113. The zero-order chi connectivity index (χ0) is 17.8. The molecule has 1 N–H and O–H groups in total. The Bertz CT molecular complexity index is 891. The number of hydrogen-bond acceptors (Lipinski definition) is 6. The average Bonchev–Trinajstić information content (AvgIpc) is 2.90. The van der Waals surface area contributed by atoms with Crippen LogP contribution in [0.5, 0.6) is 5.75 Å². The summed E-state index contributed by atoms with van der Waals surface area (Å²) < 4.78 is 5.40. The summed E-state index contributed by atoms with van der Waals surface area (Å²) in [7, 11) is 0. The number of benzene rings is 1. The molecule has 0 aliphatic carbocycles. The van der Waals surface area contributed by atoms with Gasteiger partial charge in [0.05, 0.1) is 12.4 Å². The molecule has 1 aromatic carbocycles. The molecule has 130 valence electrons. The summed E-state index contributed by atoms with van der Waals surface area (Å²) in [6.45, 7) is 6.71. The van der Waals surface area contributed by atoms with E-state index < -0.39 is 0 Å². The molecular formula is C18H19N3O2S2. The molecule has 0 aliphatic heterocycles. The van der Waals surface area contributed by atoms with Crippen molar-refractivity contribution in [2.24, 2.45) is 0 Å². The Kier molecular flexibility index (Phi) is 5.55.